The lowest BCUT2D eigenvalue weighted by Crippen LogP contribution is -2.36. The van der Waals surface area contributed by atoms with Crippen molar-refractivity contribution in [2.75, 3.05) is 31.2 Å². The van der Waals surface area contributed by atoms with Gasteiger partial charge in [0.15, 0.2) is 0 Å². The summed E-state index contributed by atoms with van der Waals surface area (Å²) in [6, 6.07) is 5.87. The van der Waals surface area contributed by atoms with E-state index in [0.717, 1.165) is 42.0 Å². The van der Waals surface area contributed by atoms with Gasteiger partial charge in [-0.25, -0.2) is 0 Å². The summed E-state index contributed by atoms with van der Waals surface area (Å²) in [4.78, 5) is 2.26. The first-order valence-corrected chi connectivity index (χ1v) is 5.94. The van der Waals surface area contributed by atoms with Crippen LogP contribution in [0.1, 0.15) is 5.56 Å². The van der Waals surface area contributed by atoms with Crippen molar-refractivity contribution < 1.29 is 4.74 Å². The normalized spacial score (nSPS) is 16.2. The molecular weight excluding hydrogens is 270 g/mol. The van der Waals surface area contributed by atoms with Gasteiger partial charge in [-0.3, -0.25) is 5.41 Å². The molecule has 0 bridgehead atoms. The molecule has 0 radical (unpaired) electrons. The SMILES string of the molecule is N=C(N)c1ccc(N2CCOCC2)cc1Br. The molecule has 1 aliphatic heterocycles. The number of benzene rings is 1. The van der Waals surface area contributed by atoms with Gasteiger partial charge in [-0.1, -0.05) is 0 Å². The average molecular weight is 284 g/mol. The van der Waals surface area contributed by atoms with E-state index in [-0.39, 0.29) is 5.84 Å². The molecular formula is C11H14BrN3O. The Hall–Kier alpha value is -1.07. The maximum Gasteiger partial charge on any atom is 0.123 e. The number of hydrogen-bond donors (Lipinski definition) is 2. The third-order valence-corrected chi connectivity index (χ3v) is 3.28. The van der Waals surface area contributed by atoms with Crippen molar-refractivity contribution in [3.8, 4) is 0 Å². The molecule has 4 nitrogen and oxygen atoms in total. The summed E-state index contributed by atoms with van der Waals surface area (Å²) in [6.45, 7) is 3.36. The summed E-state index contributed by atoms with van der Waals surface area (Å²) in [5, 5.41) is 7.41. The average Bonchev–Trinajstić information content (AvgIpc) is 2.29. The summed E-state index contributed by atoms with van der Waals surface area (Å²) in [6.07, 6.45) is 0. The molecule has 1 fully saturated rings. The number of anilines is 1. The number of nitrogens with two attached hydrogens (primary N) is 1. The van der Waals surface area contributed by atoms with Gasteiger partial charge in [0, 0.05) is 28.8 Å². The highest BCUT2D eigenvalue weighted by Gasteiger charge is 2.12. The monoisotopic (exact) mass is 283 g/mol. The van der Waals surface area contributed by atoms with Crippen LogP contribution in [0.3, 0.4) is 0 Å². The lowest BCUT2D eigenvalue weighted by atomic mass is 10.1. The van der Waals surface area contributed by atoms with Gasteiger partial charge in [-0.05, 0) is 34.1 Å². The number of morpholine rings is 1. The van der Waals surface area contributed by atoms with Crippen molar-refractivity contribution in [2.45, 2.75) is 0 Å². The zero-order valence-corrected chi connectivity index (χ0v) is 10.5. The standard InChI is InChI=1S/C11H14BrN3O/c12-10-7-8(1-2-9(10)11(13)14)15-3-5-16-6-4-15/h1-2,7H,3-6H2,(H3,13,14). The number of nitrogen functional groups attached to an aromatic ring is 1. The molecule has 0 spiro atoms. The van der Waals surface area contributed by atoms with Crippen LogP contribution in [0.4, 0.5) is 5.69 Å². The van der Waals surface area contributed by atoms with Gasteiger partial charge in [-0.2, -0.15) is 0 Å². The molecule has 0 amide bonds. The minimum atomic E-state index is 0.0837. The van der Waals surface area contributed by atoms with Crippen molar-refractivity contribution in [1.29, 1.82) is 5.41 Å². The van der Waals surface area contributed by atoms with E-state index in [4.69, 9.17) is 15.9 Å². The van der Waals surface area contributed by atoms with Gasteiger partial charge in [-0.15, -0.1) is 0 Å². The Morgan fingerprint density at radius 1 is 1.38 bits per heavy atom. The van der Waals surface area contributed by atoms with Gasteiger partial charge in [0.1, 0.15) is 5.84 Å². The fourth-order valence-electron chi connectivity index (χ4n) is 1.74. The number of rotatable bonds is 2. The number of nitrogens with zero attached hydrogens (tertiary/aromatic N) is 1. The molecule has 1 saturated heterocycles. The maximum absolute atomic E-state index is 7.41. The van der Waals surface area contributed by atoms with Gasteiger partial charge >= 0.3 is 0 Å². The number of nitrogens with one attached hydrogen (secondary N) is 1. The van der Waals surface area contributed by atoms with E-state index in [1.54, 1.807) is 0 Å². The van der Waals surface area contributed by atoms with Crippen molar-refractivity contribution in [1.82, 2.24) is 0 Å². The number of hydrogen-bond acceptors (Lipinski definition) is 3. The van der Waals surface area contributed by atoms with Crippen LogP contribution in [0.15, 0.2) is 22.7 Å². The fraction of sp³-hybridized carbons (Fsp3) is 0.364. The Bertz CT molecular complexity index is 402. The third kappa shape index (κ3) is 2.36. The van der Waals surface area contributed by atoms with Crippen LogP contribution in [0.5, 0.6) is 0 Å². The predicted molar refractivity (Wildman–Crippen MR) is 68.2 cm³/mol. The topological polar surface area (TPSA) is 62.3 Å². The first-order valence-electron chi connectivity index (χ1n) is 5.15. The molecule has 3 N–H and O–H groups in total. The van der Waals surface area contributed by atoms with E-state index in [2.05, 4.69) is 20.8 Å². The Morgan fingerprint density at radius 3 is 2.62 bits per heavy atom. The number of amidine groups is 1. The highest BCUT2D eigenvalue weighted by molar-refractivity contribution is 9.10. The highest BCUT2D eigenvalue weighted by atomic mass is 79.9. The van der Waals surface area contributed by atoms with Crippen molar-refractivity contribution in [2.24, 2.45) is 5.73 Å². The van der Waals surface area contributed by atoms with Crippen LogP contribution in [0.25, 0.3) is 0 Å². The molecule has 16 heavy (non-hydrogen) atoms. The van der Waals surface area contributed by atoms with Gasteiger partial charge in [0.2, 0.25) is 0 Å². The van der Waals surface area contributed by atoms with Gasteiger partial charge in [0.05, 0.1) is 13.2 Å². The van der Waals surface area contributed by atoms with E-state index in [9.17, 15) is 0 Å². The third-order valence-electron chi connectivity index (χ3n) is 2.62. The second-order valence-electron chi connectivity index (χ2n) is 3.68. The Labute approximate surface area is 103 Å². The molecule has 0 atom stereocenters. The summed E-state index contributed by atoms with van der Waals surface area (Å²) in [5.74, 6) is 0.0837. The van der Waals surface area contributed by atoms with Crippen LogP contribution >= 0.6 is 15.9 Å². The second kappa shape index (κ2) is 4.84. The minimum absolute atomic E-state index is 0.0837. The van der Waals surface area contributed by atoms with Crippen molar-refractivity contribution in [3.63, 3.8) is 0 Å². The molecule has 0 unspecified atom stereocenters. The molecule has 1 aromatic carbocycles. The molecule has 86 valence electrons. The molecule has 5 heteroatoms. The van der Waals surface area contributed by atoms with Crippen molar-refractivity contribution in [3.05, 3.63) is 28.2 Å². The smallest absolute Gasteiger partial charge is 0.123 e. The number of ether oxygens (including phenoxy) is 1. The fourth-order valence-corrected chi connectivity index (χ4v) is 2.32. The number of halogens is 1. The lowest BCUT2D eigenvalue weighted by molar-refractivity contribution is 0.122. The second-order valence-corrected chi connectivity index (χ2v) is 4.53. The molecule has 0 aromatic heterocycles. The van der Waals surface area contributed by atoms with Crippen LogP contribution in [0, 0.1) is 5.41 Å². The van der Waals surface area contributed by atoms with E-state index in [1.165, 1.54) is 0 Å². The maximum atomic E-state index is 7.41. The predicted octanol–water partition coefficient (Wildman–Crippen LogP) is 1.57. The molecule has 1 aliphatic rings. The first-order chi connectivity index (χ1) is 7.68. The minimum Gasteiger partial charge on any atom is -0.384 e. The Balaban J connectivity index is 2.23. The zero-order valence-electron chi connectivity index (χ0n) is 8.87. The molecule has 1 aromatic rings. The van der Waals surface area contributed by atoms with E-state index < -0.39 is 0 Å². The van der Waals surface area contributed by atoms with Gasteiger partial charge in [0.25, 0.3) is 0 Å². The van der Waals surface area contributed by atoms with E-state index >= 15 is 0 Å². The summed E-state index contributed by atoms with van der Waals surface area (Å²) in [7, 11) is 0. The largest absolute Gasteiger partial charge is 0.384 e. The van der Waals surface area contributed by atoms with Crippen LogP contribution in [-0.4, -0.2) is 32.1 Å². The molecule has 0 saturated carbocycles. The van der Waals surface area contributed by atoms with Crippen molar-refractivity contribution >= 4 is 27.5 Å². The van der Waals surface area contributed by atoms with Gasteiger partial charge < -0.3 is 15.4 Å². The summed E-state index contributed by atoms with van der Waals surface area (Å²) in [5.41, 5.74) is 7.34. The quantitative estimate of drug-likeness (QED) is 0.640. The van der Waals surface area contributed by atoms with E-state index in [0.29, 0.717) is 0 Å². The van der Waals surface area contributed by atoms with Crippen LogP contribution < -0.4 is 10.6 Å². The molecule has 1 heterocycles. The van der Waals surface area contributed by atoms with E-state index in [1.807, 2.05) is 18.2 Å². The summed E-state index contributed by atoms with van der Waals surface area (Å²) >= 11 is 3.44. The lowest BCUT2D eigenvalue weighted by Gasteiger charge is -2.29. The highest BCUT2D eigenvalue weighted by Crippen LogP contribution is 2.24. The summed E-state index contributed by atoms with van der Waals surface area (Å²) < 4.78 is 6.17. The zero-order chi connectivity index (χ0) is 11.5. The van der Waals surface area contributed by atoms with Crippen LogP contribution in [-0.2, 0) is 4.74 Å². The Kier molecular flexibility index (Phi) is 3.46. The first kappa shape index (κ1) is 11.4. The van der Waals surface area contributed by atoms with Crippen LogP contribution in [0.2, 0.25) is 0 Å². The Morgan fingerprint density at radius 2 is 2.06 bits per heavy atom. The molecule has 0 aliphatic carbocycles. The molecule has 2 rings (SSSR count).